The molecule has 1 atom stereocenters. The highest BCUT2D eigenvalue weighted by Gasteiger charge is 2.09. The first-order chi connectivity index (χ1) is 8.56. The van der Waals surface area contributed by atoms with Crippen molar-refractivity contribution in [3.05, 3.63) is 24.3 Å². The monoisotopic (exact) mass is 250 g/mol. The van der Waals surface area contributed by atoms with E-state index >= 15 is 0 Å². The summed E-state index contributed by atoms with van der Waals surface area (Å²) in [4.78, 5) is 2.22. The van der Waals surface area contributed by atoms with E-state index in [-0.39, 0.29) is 0 Å². The third kappa shape index (κ3) is 4.22. The number of nitrogens with zero attached hydrogens (tertiary/aromatic N) is 1. The predicted molar refractivity (Wildman–Crippen MR) is 78.6 cm³/mol. The number of likely N-dealkylation sites (N-methyl/N-ethyl adjacent to an activating group) is 1. The summed E-state index contributed by atoms with van der Waals surface area (Å²) in [7, 11) is 3.81. The number of hydrogen-bond donors (Lipinski definition) is 1. The molecule has 0 saturated heterocycles. The lowest BCUT2D eigenvalue weighted by Crippen LogP contribution is -2.37. The Balaban J connectivity index is 2.47. The molecule has 0 saturated carbocycles. The molecule has 1 aromatic carbocycles. The van der Waals surface area contributed by atoms with Crippen LogP contribution in [0.25, 0.3) is 0 Å². The van der Waals surface area contributed by atoms with Gasteiger partial charge in [0.2, 0.25) is 0 Å². The summed E-state index contributed by atoms with van der Waals surface area (Å²) in [6, 6.07) is 8.67. The van der Waals surface area contributed by atoms with Crippen LogP contribution in [0.15, 0.2) is 24.3 Å². The van der Waals surface area contributed by atoms with E-state index < -0.39 is 0 Å². The predicted octanol–water partition coefficient (Wildman–Crippen LogP) is 2.77. The number of ether oxygens (including phenoxy) is 1. The van der Waals surface area contributed by atoms with Crippen LogP contribution in [-0.4, -0.2) is 33.3 Å². The first-order valence-electron chi connectivity index (χ1n) is 6.63. The van der Waals surface area contributed by atoms with E-state index in [9.17, 15) is 0 Å². The summed E-state index contributed by atoms with van der Waals surface area (Å²) < 4.78 is 5.37. The summed E-state index contributed by atoms with van der Waals surface area (Å²) in [5.41, 5.74) is 1.14. The lowest BCUT2D eigenvalue weighted by Gasteiger charge is -2.24. The van der Waals surface area contributed by atoms with Gasteiger partial charge in [-0.15, -0.1) is 0 Å². The van der Waals surface area contributed by atoms with Crippen molar-refractivity contribution in [1.29, 1.82) is 0 Å². The summed E-state index contributed by atoms with van der Waals surface area (Å²) in [6.07, 6.45) is 0. The molecule has 0 aliphatic carbocycles. The van der Waals surface area contributed by atoms with Gasteiger partial charge in [0.05, 0.1) is 12.8 Å². The smallest absolute Gasteiger partial charge is 0.142 e. The fourth-order valence-corrected chi connectivity index (χ4v) is 1.76. The Hall–Kier alpha value is -1.22. The number of nitrogens with one attached hydrogen (secondary N) is 1. The Labute approximate surface area is 111 Å². The number of anilines is 1. The van der Waals surface area contributed by atoms with Crippen molar-refractivity contribution < 1.29 is 4.74 Å². The minimum atomic E-state index is 0.552. The number of para-hydroxylation sites is 2. The summed E-state index contributed by atoms with van der Waals surface area (Å²) in [5.74, 6) is 1.60. The van der Waals surface area contributed by atoms with Gasteiger partial charge in [-0.05, 0) is 25.0 Å². The van der Waals surface area contributed by atoms with Gasteiger partial charge < -0.3 is 15.0 Å². The maximum Gasteiger partial charge on any atom is 0.142 e. The molecule has 1 unspecified atom stereocenters. The highest BCUT2D eigenvalue weighted by Crippen LogP contribution is 2.25. The molecule has 0 spiro atoms. The maximum absolute atomic E-state index is 5.37. The highest BCUT2D eigenvalue weighted by molar-refractivity contribution is 5.57. The number of hydrogen-bond acceptors (Lipinski definition) is 3. The van der Waals surface area contributed by atoms with Gasteiger partial charge in [-0.25, -0.2) is 0 Å². The normalized spacial score (nSPS) is 12.6. The number of methoxy groups -OCH3 is 1. The van der Waals surface area contributed by atoms with Gasteiger partial charge in [-0.2, -0.15) is 0 Å². The van der Waals surface area contributed by atoms with Gasteiger partial charge in [0.1, 0.15) is 5.75 Å². The minimum Gasteiger partial charge on any atom is -0.495 e. The van der Waals surface area contributed by atoms with Gasteiger partial charge in [0.25, 0.3) is 0 Å². The first-order valence-corrected chi connectivity index (χ1v) is 6.63. The molecular formula is C15H26N2O. The summed E-state index contributed by atoms with van der Waals surface area (Å²) >= 11 is 0. The summed E-state index contributed by atoms with van der Waals surface area (Å²) in [6.45, 7) is 8.66. The summed E-state index contributed by atoms with van der Waals surface area (Å²) in [5, 5.41) is 3.54. The van der Waals surface area contributed by atoms with Crippen molar-refractivity contribution >= 4 is 5.69 Å². The molecule has 0 fully saturated rings. The molecule has 0 aliphatic heterocycles. The van der Waals surface area contributed by atoms with E-state index in [4.69, 9.17) is 4.74 Å². The average molecular weight is 250 g/mol. The zero-order valence-electron chi connectivity index (χ0n) is 12.2. The van der Waals surface area contributed by atoms with Crippen molar-refractivity contribution in [1.82, 2.24) is 5.32 Å². The van der Waals surface area contributed by atoms with E-state index in [1.54, 1.807) is 7.11 Å². The molecule has 0 radical (unpaired) electrons. The minimum absolute atomic E-state index is 0.552. The van der Waals surface area contributed by atoms with Crippen molar-refractivity contribution in [2.45, 2.75) is 26.8 Å². The molecule has 3 heteroatoms. The average Bonchev–Trinajstić information content (AvgIpc) is 2.38. The molecule has 1 aromatic rings. The van der Waals surface area contributed by atoms with Gasteiger partial charge in [-0.1, -0.05) is 26.0 Å². The van der Waals surface area contributed by atoms with Gasteiger partial charge in [-0.3, -0.25) is 0 Å². The molecule has 3 nitrogen and oxygen atoms in total. The van der Waals surface area contributed by atoms with E-state index in [1.165, 1.54) is 0 Å². The maximum atomic E-state index is 5.37. The van der Waals surface area contributed by atoms with Crippen LogP contribution in [0.5, 0.6) is 5.75 Å². The van der Waals surface area contributed by atoms with Crippen LogP contribution in [0.2, 0.25) is 0 Å². The standard InChI is InChI=1S/C15H26N2O/c1-12(2)13(3)16-10-11-17(4)14-8-6-7-9-15(14)18-5/h6-9,12-13,16H,10-11H2,1-5H3. The Bertz CT molecular complexity index is 352. The first kappa shape index (κ1) is 14.8. The molecule has 1 N–H and O–H groups in total. The highest BCUT2D eigenvalue weighted by atomic mass is 16.5. The van der Waals surface area contributed by atoms with E-state index in [0.29, 0.717) is 12.0 Å². The Morgan fingerprint density at radius 3 is 2.50 bits per heavy atom. The number of rotatable bonds is 7. The Morgan fingerprint density at radius 2 is 1.89 bits per heavy atom. The van der Waals surface area contributed by atoms with Crippen LogP contribution in [-0.2, 0) is 0 Å². The fourth-order valence-electron chi connectivity index (χ4n) is 1.76. The van der Waals surface area contributed by atoms with Crippen molar-refractivity contribution in [2.24, 2.45) is 5.92 Å². The third-order valence-electron chi connectivity index (χ3n) is 3.41. The van der Waals surface area contributed by atoms with Crippen molar-refractivity contribution in [3.8, 4) is 5.75 Å². The molecule has 102 valence electrons. The van der Waals surface area contributed by atoms with Crippen LogP contribution >= 0.6 is 0 Å². The Kier molecular flexibility index (Phi) is 5.99. The molecule has 18 heavy (non-hydrogen) atoms. The largest absolute Gasteiger partial charge is 0.495 e. The lowest BCUT2D eigenvalue weighted by molar-refractivity contribution is 0.413. The molecule has 0 amide bonds. The molecule has 0 aliphatic rings. The second kappa shape index (κ2) is 7.27. The fraction of sp³-hybridized carbons (Fsp3) is 0.600. The zero-order chi connectivity index (χ0) is 13.5. The van der Waals surface area contributed by atoms with E-state index in [1.807, 2.05) is 18.2 Å². The third-order valence-corrected chi connectivity index (χ3v) is 3.41. The van der Waals surface area contributed by atoms with Crippen molar-refractivity contribution in [3.63, 3.8) is 0 Å². The number of benzene rings is 1. The lowest BCUT2D eigenvalue weighted by atomic mass is 10.1. The van der Waals surface area contributed by atoms with E-state index in [0.717, 1.165) is 24.5 Å². The second-order valence-corrected chi connectivity index (χ2v) is 5.08. The molecule has 0 heterocycles. The Morgan fingerprint density at radius 1 is 1.22 bits per heavy atom. The second-order valence-electron chi connectivity index (χ2n) is 5.08. The molecule has 0 aromatic heterocycles. The van der Waals surface area contributed by atoms with Crippen molar-refractivity contribution in [2.75, 3.05) is 32.1 Å². The van der Waals surface area contributed by atoms with Crippen LogP contribution in [0.1, 0.15) is 20.8 Å². The van der Waals surface area contributed by atoms with Crippen LogP contribution in [0.3, 0.4) is 0 Å². The van der Waals surface area contributed by atoms with Gasteiger partial charge in [0, 0.05) is 26.2 Å². The zero-order valence-corrected chi connectivity index (χ0v) is 12.2. The topological polar surface area (TPSA) is 24.5 Å². The molecule has 1 rings (SSSR count). The molecule has 0 bridgehead atoms. The van der Waals surface area contributed by atoms with Gasteiger partial charge in [0.15, 0.2) is 0 Å². The van der Waals surface area contributed by atoms with Crippen LogP contribution < -0.4 is 15.0 Å². The SMILES string of the molecule is COc1ccccc1N(C)CCNC(C)C(C)C. The van der Waals surface area contributed by atoms with E-state index in [2.05, 4.69) is 44.1 Å². The quantitative estimate of drug-likeness (QED) is 0.805. The van der Waals surface area contributed by atoms with Crippen LogP contribution in [0.4, 0.5) is 5.69 Å². The van der Waals surface area contributed by atoms with Crippen LogP contribution in [0, 0.1) is 5.92 Å². The van der Waals surface area contributed by atoms with Gasteiger partial charge >= 0.3 is 0 Å². The molecular weight excluding hydrogens is 224 g/mol.